The van der Waals surface area contributed by atoms with Crippen molar-refractivity contribution in [1.29, 1.82) is 0 Å². The quantitative estimate of drug-likeness (QED) is 0.661. The van der Waals surface area contributed by atoms with Crippen LogP contribution in [0, 0.1) is 5.41 Å². The number of piperidine rings is 1. The van der Waals surface area contributed by atoms with E-state index in [9.17, 15) is 31.0 Å². The van der Waals surface area contributed by atoms with Gasteiger partial charge in [0.25, 0.3) is 11.8 Å². The Morgan fingerprint density at radius 1 is 1.25 bits per heavy atom. The van der Waals surface area contributed by atoms with Crippen molar-refractivity contribution >= 4 is 28.4 Å². The minimum Gasteiger partial charge on any atom is -0.355 e. The van der Waals surface area contributed by atoms with Gasteiger partial charge < -0.3 is 10.2 Å². The van der Waals surface area contributed by atoms with Crippen LogP contribution in [0.4, 0.5) is 33.5 Å². The van der Waals surface area contributed by atoms with E-state index in [1.807, 2.05) is 0 Å². The first-order valence-electron chi connectivity index (χ1n) is 9.55. The van der Waals surface area contributed by atoms with Gasteiger partial charge in [0.15, 0.2) is 0 Å². The van der Waals surface area contributed by atoms with E-state index in [2.05, 4.69) is 15.3 Å². The van der Waals surface area contributed by atoms with Crippen LogP contribution in [0.2, 0.25) is 0 Å². The van der Waals surface area contributed by atoms with Gasteiger partial charge in [0.2, 0.25) is 0 Å². The number of nitrogens with one attached hydrogen (secondary N) is 1. The summed E-state index contributed by atoms with van der Waals surface area (Å²) in [6, 6.07) is 3.21. The van der Waals surface area contributed by atoms with Gasteiger partial charge in [0, 0.05) is 37.6 Å². The number of carbonyl (C=O) groups is 1. The summed E-state index contributed by atoms with van der Waals surface area (Å²) in [4.78, 5) is 22.0. The Hall–Kier alpha value is -2.67. The average molecular weight is 475 g/mol. The number of amides is 1. The number of rotatable bonds is 4. The Bertz CT molecular complexity index is 1100. The molecule has 3 heterocycles. The average Bonchev–Trinajstić information content (AvgIpc) is 3.25. The normalized spacial score (nSPS) is 23.1. The minimum atomic E-state index is -4.76. The SMILES string of the molecule is NS(=O)c1cc(NC(=O)c2cc(C(F)(F)F)cnc2N2CCCC3(C2)CC3(F)F)ccn1. The Kier molecular flexibility index (Phi) is 5.44. The van der Waals surface area contributed by atoms with Gasteiger partial charge in [-0.3, -0.25) is 4.79 Å². The predicted molar refractivity (Wildman–Crippen MR) is 105 cm³/mol. The van der Waals surface area contributed by atoms with Gasteiger partial charge >= 0.3 is 6.18 Å². The van der Waals surface area contributed by atoms with E-state index in [4.69, 9.17) is 5.14 Å². The molecule has 1 saturated heterocycles. The summed E-state index contributed by atoms with van der Waals surface area (Å²) >= 11 is 0. The number of carbonyl (C=O) groups excluding carboxylic acids is 1. The molecule has 3 N–H and O–H groups in total. The summed E-state index contributed by atoms with van der Waals surface area (Å²) in [6.07, 6.45) is -2.54. The minimum absolute atomic E-state index is 0.0425. The van der Waals surface area contributed by atoms with Crippen LogP contribution < -0.4 is 15.4 Å². The van der Waals surface area contributed by atoms with Gasteiger partial charge in [-0.15, -0.1) is 0 Å². The monoisotopic (exact) mass is 475 g/mol. The molecule has 1 aliphatic carbocycles. The molecule has 2 aliphatic rings. The summed E-state index contributed by atoms with van der Waals surface area (Å²) in [5.74, 6) is -3.87. The molecule has 0 aromatic carbocycles. The Labute approximate surface area is 181 Å². The third-order valence-electron chi connectivity index (χ3n) is 5.73. The Balaban J connectivity index is 1.68. The second-order valence-electron chi connectivity index (χ2n) is 7.91. The van der Waals surface area contributed by atoms with Gasteiger partial charge in [0.1, 0.15) is 21.8 Å². The molecule has 1 amide bonds. The molecule has 2 aromatic rings. The summed E-state index contributed by atoms with van der Waals surface area (Å²) < 4.78 is 79.0. The topological polar surface area (TPSA) is 101 Å². The van der Waals surface area contributed by atoms with E-state index >= 15 is 0 Å². The van der Waals surface area contributed by atoms with Crippen molar-refractivity contribution in [3.63, 3.8) is 0 Å². The molecule has 7 nitrogen and oxygen atoms in total. The molecule has 1 spiro atoms. The zero-order valence-electron chi connectivity index (χ0n) is 16.5. The van der Waals surface area contributed by atoms with Crippen molar-refractivity contribution in [1.82, 2.24) is 9.97 Å². The maximum absolute atomic E-state index is 13.9. The largest absolute Gasteiger partial charge is 0.417 e. The molecular weight excluding hydrogens is 457 g/mol. The van der Waals surface area contributed by atoms with Gasteiger partial charge in [-0.2, -0.15) is 13.2 Å². The van der Waals surface area contributed by atoms with Crippen molar-refractivity contribution in [2.45, 2.75) is 36.4 Å². The highest BCUT2D eigenvalue weighted by Gasteiger charge is 2.71. The molecule has 1 saturated carbocycles. The lowest BCUT2D eigenvalue weighted by molar-refractivity contribution is -0.137. The van der Waals surface area contributed by atoms with E-state index in [0.717, 1.165) is 0 Å². The molecular formula is C19H18F5N5O2S. The Morgan fingerprint density at radius 3 is 2.59 bits per heavy atom. The van der Waals surface area contributed by atoms with Gasteiger partial charge in [0.05, 0.1) is 16.5 Å². The molecule has 2 aromatic heterocycles. The first-order chi connectivity index (χ1) is 14.9. The number of alkyl halides is 5. The molecule has 13 heteroatoms. The van der Waals surface area contributed by atoms with Crippen molar-refractivity contribution in [2.24, 2.45) is 10.6 Å². The molecule has 2 fully saturated rings. The fraction of sp³-hybridized carbons (Fsp3) is 0.421. The van der Waals surface area contributed by atoms with Crippen LogP contribution >= 0.6 is 0 Å². The van der Waals surface area contributed by atoms with Gasteiger partial charge in [-0.05, 0) is 31.0 Å². The van der Waals surface area contributed by atoms with E-state index in [-0.39, 0.29) is 36.0 Å². The highest BCUT2D eigenvalue weighted by Crippen LogP contribution is 2.64. The smallest absolute Gasteiger partial charge is 0.355 e. The van der Waals surface area contributed by atoms with Crippen LogP contribution in [0.1, 0.15) is 35.2 Å². The third kappa shape index (κ3) is 4.18. The fourth-order valence-corrected chi connectivity index (χ4v) is 4.37. The summed E-state index contributed by atoms with van der Waals surface area (Å²) in [5, 5.41) is 7.63. The summed E-state index contributed by atoms with van der Waals surface area (Å²) in [7, 11) is -1.93. The number of nitrogens with two attached hydrogens (primary N) is 1. The molecule has 32 heavy (non-hydrogen) atoms. The van der Waals surface area contributed by atoms with E-state index in [0.29, 0.717) is 25.1 Å². The van der Waals surface area contributed by atoms with Crippen LogP contribution in [0.5, 0.6) is 0 Å². The maximum atomic E-state index is 13.9. The second kappa shape index (κ2) is 7.73. The lowest BCUT2D eigenvalue weighted by atomic mass is 9.94. The Morgan fingerprint density at radius 2 is 1.97 bits per heavy atom. The molecule has 2 unspecified atom stereocenters. The van der Waals surface area contributed by atoms with Crippen LogP contribution in [0.25, 0.3) is 0 Å². The van der Waals surface area contributed by atoms with Crippen LogP contribution in [-0.2, 0) is 17.2 Å². The molecule has 4 rings (SSSR count). The molecule has 0 radical (unpaired) electrons. The number of hydrogen-bond donors (Lipinski definition) is 2. The first-order valence-corrected chi connectivity index (χ1v) is 10.8. The lowest BCUT2D eigenvalue weighted by Gasteiger charge is -2.35. The first kappa shape index (κ1) is 22.5. The summed E-state index contributed by atoms with van der Waals surface area (Å²) in [6.45, 7) is 0.173. The zero-order chi connectivity index (χ0) is 23.3. The van der Waals surface area contributed by atoms with Crippen molar-refractivity contribution < 1.29 is 31.0 Å². The van der Waals surface area contributed by atoms with Crippen LogP contribution in [0.3, 0.4) is 0 Å². The number of aromatic nitrogens is 2. The third-order valence-corrected chi connectivity index (χ3v) is 6.36. The molecule has 0 bridgehead atoms. The van der Waals surface area contributed by atoms with E-state index in [1.165, 1.54) is 23.2 Å². The number of nitrogens with zero attached hydrogens (tertiary/aromatic N) is 3. The van der Waals surface area contributed by atoms with Crippen molar-refractivity contribution in [3.8, 4) is 0 Å². The van der Waals surface area contributed by atoms with Crippen LogP contribution in [0.15, 0.2) is 35.6 Å². The lowest BCUT2D eigenvalue weighted by Crippen LogP contribution is -2.40. The van der Waals surface area contributed by atoms with Crippen molar-refractivity contribution in [2.75, 3.05) is 23.3 Å². The van der Waals surface area contributed by atoms with Crippen molar-refractivity contribution in [3.05, 3.63) is 41.7 Å². The standard InChI is InChI=1S/C19H18F5N5O2S/c20-18(21)9-17(18)3-1-5-29(10-17)15-13(6-11(8-27-15)19(22,23)24)16(30)28-12-2-4-26-14(7-12)32(25)31/h2,4,6-8H,1,3,5,9-10,25H2,(H,26,28,30). The predicted octanol–water partition coefficient (Wildman–Crippen LogP) is 3.35. The van der Waals surface area contributed by atoms with Gasteiger partial charge in [-0.1, -0.05) is 0 Å². The highest BCUT2D eigenvalue weighted by atomic mass is 32.2. The van der Waals surface area contributed by atoms with Crippen LogP contribution in [-0.4, -0.2) is 39.1 Å². The van der Waals surface area contributed by atoms with E-state index < -0.39 is 45.5 Å². The fourth-order valence-electron chi connectivity index (χ4n) is 3.96. The summed E-state index contributed by atoms with van der Waals surface area (Å²) in [5.41, 5.74) is -2.69. The zero-order valence-corrected chi connectivity index (χ0v) is 17.3. The maximum Gasteiger partial charge on any atom is 0.417 e. The molecule has 172 valence electrons. The number of halogens is 5. The van der Waals surface area contributed by atoms with Gasteiger partial charge in [-0.25, -0.2) is 28.1 Å². The second-order valence-corrected chi connectivity index (χ2v) is 8.93. The number of pyridine rings is 2. The van der Waals surface area contributed by atoms with E-state index in [1.54, 1.807) is 0 Å². The molecule has 1 aliphatic heterocycles. The highest BCUT2D eigenvalue weighted by molar-refractivity contribution is 7.82. The number of hydrogen-bond acceptors (Lipinski definition) is 5. The number of anilines is 2. The molecule has 2 atom stereocenters.